The third-order valence-electron chi connectivity index (χ3n) is 12.0. The van der Waals surface area contributed by atoms with E-state index in [2.05, 4.69) is 25.4 Å². The number of cyclic esters (lactones) is 1. The van der Waals surface area contributed by atoms with Crippen molar-refractivity contribution in [2.24, 2.45) is 17.3 Å². The topological polar surface area (TPSA) is 151 Å². The fourth-order valence-electron chi connectivity index (χ4n) is 8.77. The van der Waals surface area contributed by atoms with Gasteiger partial charge in [-0.25, -0.2) is 9.59 Å². The minimum absolute atomic E-state index is 0. The van der Waals surface area contributed by atoms with Crippen molar-refractivity contribution in [2.75, 3.05) is 52.4 Å². The summed E-state index contributed by atoms with van der Waals surface area (Å²) in [6.07, 6.45) is 6.49. The van der Waals surface area contributed by atoms with E-state index >= 15 is 0 Å². The molecule has 2 saturated heterocycles. The summed E-state index contributed by atoms with van der Waals surface area (Å²) < 4.78 is 40.8. The Labute approximate surface area is 306 Å². The second kappa shape index (κ2) is 16.6. The molecule has 0 aromatic rings. The maximum atomic E-state index is 13.2. The standard InChI is InChI=1S/C36H57NO11S2.H2/c1-7-24(50-49-6)10-8-9-11-28(38)44-21-20-43-19-18-42-17-16-37-32(40)46-30-35(41)15-13-27-26-22-45-29(39)25(26)12-14-33(27,4)34(35,5)47-31-36(30,48-31)23(2)3;/h23-24,27,30-31,41H,7-22H2,1-6H3,(H,37,40);1H/t24?,27-,30-,31+,33-,34+,35+,36+;/m0./s1. The number of nitrogens with one attached hydrogen (secondary N) is 1. The Morgan fingerprint density at radius 3 is 2.54 bits per heavy atom. The number of carbonyl (C=O) groups is 3. The van der Waals surface area contributed by atoms with Crippen LogP contribution in [0.2, 0.25) is 0 Å². The fourth-order valence-corrected chi connectivity index (χ4v) is 11.0. The molecule has 3 heterocycles. The van der Waals surface area contributed by atoms with Crippen LogP contribution in [0.4, 0.5) is 4.79 Å². The Kier molecular flexibility index (Phi) is 13.2. The van der Waals surface area contributed by atoms with Gasteiger partial charge in [0.2, 0.25) is 0 Å². The predicted molar refractivity (Wildman–Crippen MR) is 192 cm³/mol. The summed E-state index contributed by atoms with van der Waals surface area (Å²) in [6.45, 7) is 12.0. The molecule has 3 aliphatic heterocycles. The van der Waals surface area contributed by atoms with Gasteiger partial charge in [0.15, 0.2) is 18.0 Å². The van der Waals surface area contributed by atoms with Crippen LogP contribution in [-0.4, -0.2) is 110 Å². The van der Waals surface area contributed by atoms with Crippen LogP contribution in [0.15, 0.2) is 11.1 Å². The summed E-state index contributed by atoms with van der Waals surface area (Å²) in [6, 6.07) is 0. The third kappa shape index (κ3) is 7.59. The van der Waals surface area contributed by atoms with Gasteiger partial charge in [-0.1, -0.05) is 55.7 Å². The average molecular weight is 746 g/mol. The highest BCUT2D eigenvalue weighted by atomic mass is 33.1. The molecule has 3 fully saturated rings. The number of hydrogen-bond donors (Lipinski definition) is 2. The molecule has 1 saturated carbocycles. The van der Waals surface area contributed by atoms with Gasteiger partial charge in [0.05, 0.1) is 26.4 Å². The van der Waals surface area contributed by atoms with E-state index in [1.165, 1.54) is 0 Å². The molecule has 2 N–H and O–H groups in total. The first-order valence-electron chi connectivity index (χ1n) is 18.3. The Hall–Kier alpha value is -1.55. The molecule has 50 heavy (non-hydrogen) atoms. The molecule has 5 rings (SSSR count). The normalized spacial score (nSPS) is 34.6. The van der Waals surface area contributed by atoms with Gasteiger partial charge in [0.1, 0.15) is 24.4 Å². The second-order valence-corrected chi connectivity index (χ2v) is 17.6. The fraction of sp³-hybridized carbons (Fsp3) is 0.861. The van der Waals surface area contributed by atoms with Crippen LogP contribution in [0.5, 0.6) is 0 Å². The molecule has 12 nitrogen and oxygen atoms in total. The van der Waals surface area contributed by atoms with Crippen LogP contribution < -0.4 is 5.32 Å². The van der Waals surface area contributed by atoms with Crippen molar-refractivity contribution in [3.8, 4) is 0 Å². The van der Waals surface area contributed by atoms with Gasteiger partial charge in [-0.05, 0) is 75.5 Å². The van der Waals surface area contributed by atoms with Gasteiger partial charge >= 0.3 is 18.0 Å². The van der Waals surface area contributed by atoms with Crippen molar-refractivity contribution >= 4 is 39.6 Å². The SMILES string of the molecule is CCC(CCCCC(=O)OCCOCCOCCNC(=O)O[C@@H]1[C@@]2(C(C)C)O[C@H]2O[C@]2(C)[C@@]3(C)CCC4=C(COC4=O)[C@@H]3CC[C@@]12O)SSC.[HH]. The van der Waals surface area contributed by atoms with Crippen LogP contribution in [-0.2, 0) is 42.7 Å². The zero-order valence-electron chi connectivity index (χ0n) is 30.5. The quantitative estimate of drug-likeness (QED) is 0.0557. The molecule has 2 aliphatic carbocycles. The molecular formula is C36H59NO11S2. The van der Waals surface area contributed by atoms with E-state index in [1.807, 2.05) is 31.6 Å². The van der Waals surface area contributed by atoms with Crippen molar-refractivity contribution < 1.29 is 54.1 Å². The monoisotopic (exact) mass is 745 g/mol. The summed E-state index contributed by atoms with van der Waals surface area (Å²) in [5, 5.41) is 16.0. The van der Waals surface area contributed by atoms with Gasteiger partial charge in [0.25, 0.3) is 0 Å². The largest absolute Gasteiger partial charge is 0.463 e. The van der Waals surface area contributed by atoms with Crippen LogP contribution in [0.1, 0.15) is 93.8 Å². The van der Waals surface area contributed by atoms with Crippen molar-refractivity contribution in [2.45, 2.75) is 127 Å². The number of unbranched alkanes of at least 4 members (excludes halogenated alkanes) is 1. The lowest BCUT2D eigenvalue weighted by molar-refractivity contribution is -0.326. The van der Waals surface area contributed by atoms with Crippen molar-refractivity contribution in [3.05, 3.63) is 11.1 Å². The number of aliphatic hydroxyl groups is 1. The van der Waals surface area contributed by atoms with Crippen molar-refractivity contribution in [3.63, 3.8) is 0 Å². The molecule has 1 amide bonds. The lowest BCUT2D eigenvalue weighted by atomic mass is 9.46. The van der Waals surface area contributed by atoms with E-state index < -0.39 is 40.7 Å². The summed E-state index contributed by atoms with van der Waals surface area (Å²) in [4.78, 5) is 37.5. The number of rotatable bonds is 19. The molecule has 0 radical (unpaired) electrons. The van der Waals surface area contributed by atoms with Gasteiger partial charge < -0.3 is 43.6 Å². The molecule has 286 valence electrons. The molecular weight excluding hydrogens is 687 g/mol. The van der Waals surface area contributed by atoms with E-state index in [-0.39, 0.29) is 51.6 Å². The average Bonchev–Trinajstić information content (AvgIpc) is 3.69. The number of carbonyl (C=O) groups excluding carboxylic acids is 3. The Bertz CT molecular complexity index is 1270. The predicted octanol–water partition coefficient (Wildman–Crippen LogP) is 5.59. The Morgan fingerprint density at radius 2 is 1.82 bits per heavy atom. The molecule has 1 unspecified atom stereocenters. The number of epoxide rings is 1. The van der Waals surface area contributed by atoms with Crippen LogP contribution in [0.25, 0.3) is 0 Å². The van der Waals surface area contributed by atoms with Gasteiger partial charge in [-0.2, -0.15) is 0 Å². The summed E-state index contributed by atoms with van der Waals surface area (Å²) in [5.41, 5.74) is -2.36. The van der Waals surface area contributed by atoms with Crippen molar-refractivity contribution in [1.29, 1.82) is 0 Å². The van der Waals surface area contributed by atoms with E-state index in [9.17, 15) is 19.5 Å². The molecule has 0 aromatic heterocycles. The number of ether oxygens (including phenoxy) is 7. The molecule has 0 aromatic carbocycles. The molecule has 8 atom stereocenters. The van der Waals surface area contributed by atoms with E-state index in [4.69, 9.17) is 33.2 Å². The smallest absolute Gasteiger partial charge is 0.407 e. The molecule has 0 bridgehead atoms. The molecule has 14 heteroatoms. The second-order valence-electron chi connectivity index (χ2n) is 14.8. The molecule has 5 aliphatic rings. The first-order valence-corrected chi connectivity index (χ1v) is 20.9. The van der Waals surface area contributed by atoms with Gasteiger partial charge in [-0.15, -0.1) is 0 Å². The van der Waals surface area contributed by atoms with Crippen molar-refractivity contribution in [1.82, 2.24) is 5.32 Å². The molecule has 0 spiro atoms. The van der Waals surface area contributed by atoms with Crippen LogP contribution in [0, 0.1) is 17.3 Å². The lowest BCUT2D eigenvalue weighted by Crippen LogP contribution is -2.78. The summed E-state index contributed by atoms with van der Waals surface area (Å²) in [7, 11) is 3.70. The highest BCUT2D eigenvalue weighted by molar-refractivity contribution is 8.76. The Morgan fingerprint density at radius 1 is 1.08 bits per heavy atom. The number of esters is 2. The zero-order valence-corrected chi connectivity index (χ0v) is 32.2. The van der Waals surface area contributed by atoms with Gasteiger partial charge in [0, 0.05) is 30.6 Å². The number of hydrogen-bond acceptors (Lipinski definition) is 13. The van der Waals surface area contributed by atoms with Gasteiger partial charge in [-0.3, -0.25) is 4.79 Å². The number of alkyl carbamates (subject to hydrolysis) is 1. The minimum atomic E-state index is -1.53. The first kappa shape index (κ1) is 39.7. The third-order valence-corrected chi connectivity index (χ3v) is 14.4. The summed E-state index contributed by atoms with van der Waals surface area (Å²) in [5.74, 6) is -0.526. The number of fused-ring (bicyclic) bond motifs is 5. The minimum Gasteiger partial charge on any atom is -0.463 e. The van der Waals surface area contributed by atoms with E-state index in [1.54, 1.807) is 10.8 Å². The van der Waals surface area contributed by atoms with E-state index in [0.29, 0.717) is 57.2 Å². The Balaban J connectivity index is 0.00000583. The number of amides is 1. The maximum absolute atomic E-state index is 13.2. The van der Waals surface area contributed by atoms with Crippen LogP contribution >= 0.6 is 21.6 Å². The lowest BCUT2D eigenvalue weighted by Gasteiger charge is -2.65. The first-order chi connectivity index (χ1) is 23.9. The zero-order chi connectivity index (χ0) is 36.2. The highest BCUT2D eigenvalue weighted by Crippen LogP contribution is 2.69. The highest BCUT2D eigenvalue weighted by Gasteiger charge is 2.83. The van der Waals surface area contributed by atoms with Crippen LogP contribution in [0.3, 0.4) is 0 Å². The summed E-state index contributed by atoms with van der Waals surface area (Å²) >= 11 is 0. The maximum Gasteiger partial charge on any atom is 0.407 e. The van der Waals surface area contributed by atoms with E-state index in [0.717, 1.165) is 36.8 Å².